The predicted octanol–water partition coefficient (Wildman–Crippen LogP) is 1.41. The van der Waals surface area contributed by atoms with E-state index in [4.69, 9.17) is 10.3 Å². The van der Waals surface area contributed by atoms with Gasteiger partial charge in [0.25, 0.3) is 0 Å². The highest BCUT2D eigenvalue weighted by molar-refractivity contribution is 5.78. The summed E-state index contributed by atoms with van der Waals surface area (Å²) in [6, 6.07) is 1.77. The summed E-state index contributed by atoms with van der Waals surface area (Å²) in [5, 5.41) is 6.79. The summed E-state index contributed by atoms with van der Waals surface area (Å²) in [6.45, 7) is 8.42. The molecule has 3 N–H and O–H groups in total. The van der Waals surface area contributed by atoms with Crippen LogP contribution in [-0.2, 0) is 11.2 Å². The van der Waals surface area contributed by atoms with E-state index in [1.165, 1.54) is 0 Å². The van der Waals surface area contributed by atoms with Crippen molar-refractivity contribution in [2.75, 3.05) is 6.54 Å². The first kappa shape index (κ1) is 14.7. The Morgan fingerprint density at radius 2 is 2.28 bits per heavy atom. The molecule has 1 aromatic heterocycles. The van der Waals surface area contributed by atoms with Crippen molar-refractivity contribution in [3.63, 3.8) is 0 Å². The molecule has 0 radical (unpaired) electrons. The number of nitrogens with one attached hydrogen (secondary N) is 1. The summed E-state index contributed by atoms with van der Waals surface area (Å²) in [5.41, 5.74) is 6.04. The van der Waals surface area contributed by atoms with Crippen molar-refractivity contribution in [2.24, 2.45) is 11.7 Å². The van der Waals surface area contributed by atoms with E-state index in [-0.39, 0.29) is 17.9 Å². The van der Waals surface area contributed by atoms with Crippen LogP contribution in [0.2, 0.25) is 0 Å². The first-order valence-corrected chi connectivity index (χ1v) is 6.28. The van der Waals surface area contributed by atoms with E-state index in [9.17, 15) is 4.79 Å². The van der Waals surface area contributed by atoms with Gasteiger partial charge < -0.3 is 15.6 Å². The van der Waals surface area contributed by atoms with Crippen LogP contribution < -0.4 is 11.1 Å². The third-order valence-electron chi connectivity index (χ3n) is 2.77. The van der Waals surface area contributed by atoms with E-state index in [1.54, 1.807) is 13.0 Å². The number of hydrogen-bond acceptors (Lipinski definition) is 4. The monoisotopic (exact) mass is 253 g/mol. The lowest BCUT2D eigenvalue weighted by Gasteiger charge is -2.31. The molecule has 18 heavy (non-hydrogen) atoms. The second-order valence-corrected chi connectivity index (χ2v) is 5.52. The minimum atomic E-state index is -0.357. The molecular weight excluding hydrogens is 230 g/mol. The summed E-state index contributed by atoms with van der Waals surface area (Å²) in [7, 11) is 0. The fourth-order valence-corrected chi connectivity index (χ4v) is 2.13. The lowest BCUT2D eigenvalue weighted by molar-refractivity contribution is -0.122. The molecule has 0 aliphatic carbocycles. The number of nitrogens with zero attached hydrogens (tertiary/aromatic N) is 1. The fourth-order valence-electron chi connectivity index (χ4n) is 2.13. The van der Waals surface area contributed by atoms with Crippen molar-refractivity contribution in [1.29, 1.82) is 0 Å². The number of rotatable bonds is 6. The van der Waals surface area contributed by atoms with Gasteiger partial charge in [0.05, 0.1) is 12.1 Å². The molecule has 0 aromatic carbocycles. The minimum Gasteiger partial charge on any atom is -0.361 e. The van der Waals surface area contributed by atoms with Gasteiger partial charge in [-0.25, -0.2) is 0 Å². The normalized spacial score (nSPS) is 14.6. The molecule has 1 unspecified atom stereocenters. The third kappa shape index (κ3) is 4.49. The van der Waals surface area contributed by atoms with Gasteiger partial charge in [-0.2, -0.15) is 0 Å². The molecular formula is C13H23N3O2. The van der Waals surface area contributed by atoms with E-state index < -0.39 is 0 Å². The maximum Gasteiger partial charge on any atom is 0.226 e. The quantitative estimate of drug-likeness (QED) is 0.803. The SMILES string of the molecule is Cc1cc(CC(=O)NC(C)(CN)CC(C)C)no1. The van der Waals surface area contributed by atoms with Gasteiger partial charge in [0.1, 0.15) is 5.76 Å². The van der Waals surface area contributed by atoms with Crippen LogP contribution in [0.3, 0.4) is 0 Å². The molecule has 0 fully saturated rings. The molecule has 0 bridgehead atoms. The molecule has 5 heteroatoms. The first-order chi connectivity index (χ1) is 8.34. The van der Waals surface area contributed by atoms with Crippen molar-refractivity contribution in [2.45, 2.75) is 46.1 Å². The second-order valence-electron chi connectivity index (χ2n) is 5.52. The lowest BCUT2D eigenvalue weighted by atomic mass is 9.90. The van der Waals surface area contributed by atoms with Crippen LogP contribution in [-0.4, -0.2) is 23.1 Å². The summed E-state index contributed by atoms with van der Waals surface area (Å²) in [5.74, 6) is 1.12. The number of aryl methyl sites for hydroxylation is 1. The third-order valence-corrected chi connectivity index (χ3v) is 2.77. The van der Waals surface area contributed by atoms with Crippen molar-refractivity contribution in [3.05, 3.63) is 17.5 Å². The van der Waals surface area contributed by atoms with E-state index >= 15 is 0 Å². The van der Waals surface area contributed by atoms with Gasteiger partial charge in [-0.3, -0.25) is 4.79 Å². The molecule has 102 valence electrons. The maximum atomic E-state index is 11.9. The Bertz CT molecular complexity index is 401. The summed E-state index contributed by atoms with van der Waals surface area (Å²) in [4.78, 5) is 11.9. The number of carbonyl (C=O) groups is 1. The van der Waals surface area contributed by atoms with Crippen LogP contribution in [0, 0.1) is 12.8 Å². The molecule has 1 rings (SSSR count). The van der Waals surface area contributed by atoms with Gasteiger partial charge in [0.2, 0.25) is 5.91 Å². The summed E-state index contributed by atoms with van der Waals surface area (Å²) in [6.07, 6.45) is 1.08. The summed E-state index contributed by atoms with van der Waals surface area (Å²) < 4.78 is 4.93. The van der Waals surface area contributed by atoms with Gasteiger partial charge in [0, 0.05) is 18.2 Å². The van der Waals surface area contributed by atoms with Gasteiger partial charge in [-0.05, 0) is 26.2 Å². The van der Waals surface area contributed by atoms with Crippen LogP contribution in [0.25, 0.3) is 0 Å². The zero-order valence-electron chi connectivity index (χ0n) is 11.6. The minimum absolute atomic E-state index is 0.0723. The molecule has 0 saturated carbocycles. The van der Waals surface area contributed by atoms with Crippen LogP contribution in [0.4, 0.5) is 0 Å². The van der Waals surface area contributed by atoms with E-state index in [0.29, 0.717) is 23.9 Å². The van der Waals surface area contributed by atoms with Gasteiger partial charge >= 0.3 is 0 Å². The predicted molar refractivity (Wildman–Crippen MR) is 70.0 cm³/mol. The lowest BCUT2D eigenvalue weighted by Crippen LogP contribution is -2.52. The number of amides is 1. The van der Waals surface area contributed by atoms with Crippen LogP contribution in [0.1, 0.15) is 38.6 Å². The average Bonchev–Trinajstić information content (AvgIpc) is 2.62. The Balaban J connectivity index is 2.57. The fraction of sp³-hybridized carbons (Fsp3) is 0.692. The van der Waals surface area contributed by atoms with Crippen molar-refractivity contribution in [1.82, 2.24) is 10.5 Å². The van der Waals surface area contributed by atoms with Crippen LogP contribution >= 0.6 is 0 Å². The Morgan fingerprint density at radius 1 is 1.61 bits per heavy atom. The zero-order chi connectivity index (χ0) is 13.8. The van der Waals surface area contributed by atoms with Crippen LogP contribution in [0.15, 0.2) is 10.6 Å². The smallest absolute Gasteiger partial charge is 0.226 e. The van der Waals surface area contributed by atoms with E-state index in [1.807, 2.05) is 6.92 Å². The zero-order valence-corrected chi connectivity index (χ0v) is 11.6. The topological polar surface area (TPSA) is 81.2 Å². The van der Waals surface area contributed by atoms with Crippen molar-refractivity contribution in [3.8, 4) is 0 Å². The van der Waals surface area contributed by atoms with Crippen molar-refractivity contribution >= 4 is 5.91 Å². The molecule has 0 saturated heterocycles. The number of nitrogens with two attached hydrogens (primary N) is 1. The van der Waals surface area contributed by atoms with E-state index in [0.717, 1.165) is 6.42 Å². The highest BCUT2D eigenvalue weighted by Gasteiger charge is 2.26. The highest BCUT2D eigenvalue weighted by Crippen LogP contribution is 2.15. The largest absolute Gasteiger partial charge is 0.361 e. The Labute approximate surface area is 108 Å². The second kappa shape index (κ2) is 6.00. The van der Waals surface area contributed by atoms with Crippen molar-refractivity contribution < 1.29 is 9.32 Å². The number of hydrogen-bond donors (Lipinski definition) is 2. The van der Waals surface area contributed by atoms with Gasteiger partial charge in [-0.1, -0.05) is 19.0 Å². The molecule has 1 aromatic rings. The molecule has 0 aliphatic heterocycles. The molecule has 0 spiro atoms. The molecule has 0 aliphatic rings. The standard InChI is InChI=1S/C13H23N3O2/c1-9(2)7-13(4,8-14)15-12(17)6-11-5-10(3)18-16-11/h5,9H,6-8,14H2,1-4H3,(H,15,17). The van der Waals surface area contributed by atoms with E-state index in [2.05, 4.69) is 24.3 Å². The molecule has 1 amide bonds. The Hall–Kier alpha value is -1.36. The van der Waals surface area contributed by atoms with Gasteiger partial charge in [0.15, 0.2) is 0 Å². The molecule has 5 nitrogen and oxygen atoms in total. The highest BCUT2D eigenvalue weighted by atomic mass is 16.5. The van der Waals surface area contributed by atoms with Gasteiger partial charge in [-0.15, -0.1) is 0 Å². The summed E-state index contributed by atoms with van der Waals surface area (Å²) >= 11 is 0. The number of carbonyl (C=O) groups excluding carboxylic acids is 1. The van der Waals surface area contributed by atoms with Crippen LogP contribution in [0.5, 0.6) is 0 Å². The Kier molecular flexibility index (Phi) is 4.90. The number of aromatic nitrogens is 1. The first-order valence-electron chi connectivity index (χ1n) is 6.28. The molecule has 1 heterocycles. The molecule has 1 atom stereocenters. The maximum absolute atomic E-state index is 11.9. The average molecular weight is 253 g/mol. The Morgan fingerprint density at radius 3 is 2.72 bits per heavy atom.